The van der Waals surface area contributed by atoms with Crippen LogP contribution in [0.3, 0.4) is 0 Å². The van der Waals surface area contributed by atoms with Gasteiger partial charge in [-0.2, -0.15) is 0 Å². The van der Waals surface area contributed by atoms with Gasteiger partial charge in [-0.3, -0.25) is 4.90 Å². The van der Waals surface area contributed by atoms with Crippen LogP contribution in [0.25, 0.3) is 11.0 Å². The van der Waals surface area contributed by atoms with E-state index in [0.717, 1.165) is 44.6 Å². The van der Waals surface area contributed by atoms with Gasteiger partial charge in [-0.05, 0) is 13.5 Å². The van der Waals surface area contributed by atoms with Crippen LogP contribution in [0, 0.1) is 11.6 Å². The molecule has 4 nitrogen and oxygen atoms in total. The van der Waals surface area contributed by atoms with Crippen molar-refractivity contribution in [1.29, 1.82) is 0 Å². The van der Waals surface area contributed by atoms with Gasteiger partial charge < -0.3 is 9.88 Å². The van der Waals surface area contributed by atoms with Crippen LogP contribution in [0.5, 0.6) is 0 Å². The third kappa shape index (κ3) is 2.78. The number of piperazine rings is 1. The fraction of sp³-hybridized carbons (Fsp3) is 0.533. The third-order valence-corrected chi connectivity index (χ3v) is 4.34. The molecule has 1 aromatic heterocycles. The molecule has 0 radical (unpaired) electrons. The van der Waals surface area contributed by atoms with Crippen molar-refractivity contribution >= 4 is 11.0 Å². The number of nitrogens with one attached hydrogen (secondary N) is 1. The first-order valence-corrected chi connectivity index (χ1v) is 7.39. The number of nitrogens with zero attached hydrogens (tertiary/aromatic N) is 3. The molecule has 0 saturated carbocycles. The highest BCUT2D eigenvalue weighted by Gasteiger charge is 2.23. The number of hydrogen-bond donors (Lipinski definition) is 1. The van der Waals surface area contributed by atoms with Gasteiger partial charge in [0.05, 0.1) is 17.1 Å². The van der Waals surface area contributed by atoms with E-state index in [4.69, 9.17) is 0 Å². The number of aromatic nitrogens is 2. The smallest absolute Gasteiger partial charge is 0.161 e. The maximum atomic E-state index is 13.3. The van der Waals surface area contributed by atoms with Crippen LogP contribution in [0.2, 0.25) is 0 Å². The van der Waals surface area contributed by atoms with Crippen molar-refractivity contribution in [1.82, 2.24) is 19.8 Å². The lowest BCUT2D eigenvalue weighted by Crippen LogP contribution is -2.47. The molecule has 6 heteroatoms. The minimum Gasteiger partial charge on any atom is -0.341 e. The van der Waals surface area contributed by atoms with E-state index in [1.54, 1.807) is 0 Å². The van der Waals surface area contributed by atoms with Crippen molar-refractivity contribution in [3.63, 3.8) is 0 Å². The molecule has 0 bridgehead atoms. The van der Waals surface area contributed by atoms with Crippen molar-refractivity contribution in [2.75, 3.05) is 32.7 Å². The van der Waals surface area contributed by atoms with E-state index in [2.05, 4.69) is 33.6 Å². The van der Waals surface area contributed by atoms with Crippen LogP contribution in [0.4, 0.5) is 8.78 Å². The van der Waals surface area contributed by atoms with E-state index >= 15 is 0 Å². The Morgan fingerprint density at radius 3 is 2.52 bits per heavy atom. The SMILES string of the molecule is CCN1CCN(C(C)c2nc3cc(F)c(F)cc3[nH]2)CC1. The summed E-state index contributed by atoms with van der Waals surface area (Å²) in [4.78, 5) is 12.3. The minimum atomic E-state index is -0.857. The lowest BCUT2D eigenvalue weighted by molar-refractivity contribution is 0.103. The molecule has 1 fully saturated rings. The molecular formula is C15H20F2N4. The monoisotopic (exact) mass is 294 g/mol. The molecule has 1 atom stereocenters. The van der Waals surface area contributed by atoms with Crippen molar-refractivity contribution in [2.24, 2.45) is 0 Å². The lowest BCUT2D eigenvalue weighted by atomic mass is 10.2. The summed E-state index contributed by atoms with van der Waals surface area (Å²) in [7, 11) is 0. The van der Waals surface area contributed by atoms with Gasteiger partial charge in [0.25, 0.3) is 0 Å². The Kier molecular flexibility index (Phi) is 3.91. The van der Waals surface area contributed by atoms with E-state index in [1.807, 2.05) is 0 Å². The molecule has 1 aliphatic heterocycles. The Bertz CT molecular complexity index is 593. The second-order valence-electron chi connectivity index (χ2n) is 5.55. The van der Waals surface area contributed by atoms with E-state index in [1.165, 1.54) is 6.07 Å². The Morgan fingerprint density at radius 1 is 1.19 bits per heavy atom. The normalized spacial score (nSPS) is 19.2. The van der Waals surface area contributed by atoms with E-state index in [0.29, 0.717) is 11.0 Å². The summed E-state index contributed by atoms with van der Waals surface area (Å²) in [6, 6.07) is 2.43. The molecule has 1 N–H and O–H groups in total. The number of aromatic amines is 1. The Hall–Kier alpha value is -1.53. The maximum Gasteiger partial charge on any atom is 0.161 e. The molecule has 1 aromatic carbocycles. The molecule has 1 aliphatic rings. The van der Waals surface area contributed by atoms with Crippen molar-refractivity contribution in [3.05, 3.63) is 29.6 Å². The molecule has 1 saturated heterocycles. The fourth-order valence-electron chi connectivity index (χ4n) is 2.86. The fourth-order valence-corrected chi connectivity index (χ4v) is 2.86. The second kappa shape index (κ2) is 5.69. The third-order valence-electron chi connectivity index (χ3n) is 4.34. The Labute approximate surface area is 122 Å². The van der Waals surface area contributed by atoms with Gasteiger partial charge in [0.1, 0.15) is 5.82 Å². The number of rotatable bonds is 3. The molecule has 0 amide bonds. The van der Waals surface area contributed by atoms with Gasteiger partial charge >= 0.3 is 0 Å². The number of imidazole rings is 1. The lowest BCUT2D eigenvalue weighted by Gasteiger charge is -2.36. The van der Waals surface area contributed by atoms with Crippen LogP contribution in [0.15, 0.2) is 12.1 Å². The average molecular weight is 294 g/mol. The van der Waals surface area contributed by atoms with Crippen molar-refractivity contribution < 1.29 is 8.78 Å². The molecule has 21 heavy (non-hydrogen) atoms. The summed E-state index contributed by atoms with van der Waals surface area (Å²) < 4.78 is 26.5. The molecule has 2 aromatic rings. The molecule has 3 rings (SSSR count). The first kappa shape index (κ1) is 14.4. The summed E-state index contributed by atoms with van der Waals surface area (Å²) in [5.41, 5.74) is 1.02. The number of likely N-dealkylation sites (N-methyl/N-ethyl adjacent to an activating group) is 1. The van der Waals surface area contributed by atoms with Gasteiger partial charge in [0.2, 0.25) is 0 Å². The van der Waals surface area contributed by atoms with Gasteiger partial charge in [-0.1, -0.05) is 6.92 Å². The molecule has 0 aliphatic carbocycles. The van der Waals surface area contributed by atoms with Gasteiger partial charge in [0.15, 0.2) is 11.6 Å². The Morgan fingerprint density at radius 2 is 1.86 bits per heavy atom. The predicted octanol–water partition coefficient (Wildman–Crippen LogP) is 2.54. The molecule has 0 spiro atoms. The average Bonchev–Trinajstić information content (AvgIpc) is 2.90. The quantitative estimate of drug-likeness (QED) is 0.945. The highest BCUT2D eigenvalue weighted by atomic mass is 19.2. The van der Waals surface area contributed by atoms with Crippen LogP contribution >= 0.6 is 0 Å². The molecule has 114 valence electrons. The summed E-state index contributed by atoms with van der Waals surface area (Å²) in [5, 5.41) is 0. The number of H-pyrrole nitrogens is 1. The summed E-state index contributed by atoms with van der Waals surface area (Å²) >= 11 is 0. The van der Waals surface area contributed by atoms with Gasteiger partial charge in [-0.25, -0.2) is 13.8 Å². The highest BCUT2D eigenvalue weighted by Crippen LogP contribution is 2.23. The largest absolute Gasteiger partial charge is 0.341 e. The van der Waals surface area contributed by atoms with Gasteiger partial charge in [-0.15, -0.1) is 0 Å². The molecule has 1 unspecified atom stereocenters. The highest BCUT2D eigenvalue weighted by molar-refractivity contribution is 5.75. The number of benzene rings is 1. The van der Waals surface area contributed by atoms with E-state index in [-0.39, 0.29) is 6.04 Å². The molecule has 2 heterocycles. The van der Waals surface area contributed by atoms with Crippen LogP contribution in [-0.2, 0) is 0 Å². The van der Waals surface area contributed by atoms with Crippen molar-refractivity contribution in [3.8, 4) is 0 Å². The van der Waals surface area contributed by atoms with Crippen molar-refractivity contribution in [2.45, 2.75) is 19.9 Å². The first-order valence-electron chi connectivity index (χ1n) is 7.39. The number of hydrogen-bond acceptors (Lipinski definition) is 3. The molecular weight excluding hydrogens is 274 g/mol. The standard InChI is InChI=1S/C15H20F2N4/c1-3-20-4-6-21(7-5-20)10(2)15-18-13-8-11(16)12(17)9-14(13)19-15/h8-10H,3-7H2,1-2H3,(H,18,19). The van der Waals surface area contributed by atoms with E-state index < -0.39 is 11.6 Å². The minimum absolute atomic E-state index is 0.113. The van der Waals surface area contributed by atoms with Crippen LogP contribution in [-0.4, -0.2) is 52.5 Å². The zero-order valence-corrected chi connectivity index (χ0v) is 12.4. The zero-order chi connectivity index (χ0) is 15.0. The first-order chi connectivity index (χ1) is 10.1. The van der Waals surface area contributed by atoms with Crippen LogP contribution < -0.4 is 0 Å². The summed E-state index contributed by atoms with van der Waals surface area (Å²) in [6.07, 6.45) is 0. The maximum absolute atomic E-state index is 13.3. The van der Waals surface area contributed by atoms with E-state index in [9.17, 15) is 8.78 Å². The Balaban J connectivity index is 1.80. The second-order valence-corrected chi connectivity index (χ2v) is 5.55. The topological polar surface area (TPSA) is 35.2 Å². The van der Waals surface area contributed by atoms with Crippen LogP contribution in [0.1, 0.15) is 25.7 Å². The summed E-state index contributed by atoms with van der Waals surface area (Å²) in [6.45, 7) is 9.37. The summed E-state index contributed by atoms with van der Waals surface area (Å²) in [5.74, 6) is -0.938. The zero-order valence-electron chi connectivity index (χ0n) is 12.4. The van der Waals surface area contributed by atoms with Gasteiger partial charge in [0, 0.05) is 38.3 Å². The predicted molar refractivity (Wildman–Crippen MR) is 78.1 cm³/mol. The number of fused-ring (bicyclic) bond motifs is 1. The number of halogens is 2.